The summed E-state index contributed by atoms with van der Waals surface area (Å²) in [6, 6.07) is 5.33. The smallest absolute Gasteiger partial charge is 0.301 e. The highest BCUT2D eigenvalue weighted by Crippen LogP contribution is 2.23. The van der Waals surface area contributed by atoms with Gasteiger partial charge in [-0.3, -0.25) is 4.72 Å². The fourth-order valence-corrected chi connectivity index (χ4v) is 3.57. The van der Waals surface area contributed by atoms with Crippen molar-refractivity contribution in [2.75, 3.05) is 23.5 Å². The number of nitrogen functional groups attached to an aromatic ring is 1. The van der Waals surface area contributed by atoms with Crippen LogP contribution in [0.15, 0.2) is 18.2 Å². The van der Waals surface area contributed by atoms with Crippen molar-refractivity contribution >= 4 is 21.6 Å². The van der Waals surface area contributed by atoms with Crippen molar-refractivity contribution in [1.29, 1.82) is 0 Å². The highest BCUT2D eigenvalue weighted by molar-refractivity contribution is 7.90. The quantitative estimate of drug-likeness (QED) is 0.834. The molecule has 1 fully saturated rings. The molecule has 0 radical (unpaired) electrons. The number of aryl methyl sites for hydroxylation is 1. The van der Waals surface area contributed by atoms with Crippen LogP contribution in [0.25, 0.3) is 0 Å². The molecule has 1 aliphatic heterocycles. The van der Waals surface area contributed by atoms with Crippen molar-refractivity contribution in [3.63, 3.8) is 0 Å². The normalized spacial score (nSPS) is 17.9. The number of rotatable bonds is 3. The van der Waals surface area contributed by atoms with Gasteiger partial charge in [0.15, 0.2) is 0 Å². The molecule has 0 unspecified atom stereocenters. The number of nitrogens with two attached hydrogens (primary N) is 1. The third-order valence-electron chi connectivity index (χ3n) is 3.35. The molecule has 106 valence electrons. The molecule has 0 atom stereocenters. The number of hydrogen-bond acceptors (Lipinski definition) is 3. The second-order valence-corrected chi connectivity index (χ2v) is 6.68. The lowest BCUT2D eigenvalue weighted by Crippen LogP contribution is -2.36. The Balaban J connectivity index is 2.18. The number of anilines is 2. The summed E-state index contributed by atoms with van der Waals surface area (Å²) in [6.45, 7) is 3.07. The average Bonchev–Trinajstić information content (AvgIpc) is 2.63. The van der Waals surface area contributed by atoms with Crippen LogP contribution in [0.5, 0.6) is 0 Å². The average molecular weight is 283 g/mol. The fourth-order valence-electron chi connectivity index (χ4n) is 2.24. The summed E-state index contributed by atoms with van der Waals surface area (Å²) >= 11 is 0. The van der Waals surface area contributed by atoms with E-state index < -0.39 is 10.2 Å². The number of nitrogens with one attached hydrogen (secondary N) is 1. The zero-order valence-electron chi connectivity index (χ0n) is 11.2. The monoisotopic (exact) mass is 283 g/mol. The first-order valence-corrected chi connectivity index (χ1v) is 8.07. The van der Waals surface area contributed by atoms with Crippen LogP contribution in [-0.4, -0.2) is 25.8 Å². The van der Waals surface area contributed by atoms with E-state index in [-0.39, 0.29) is 0 Å². The van der Waals surface area contributed by atoms with E-state index in [0.717, 1.165) is 31.2 Å². The molecule has 19 heavy (non-hydrogen) atoms. The fraction of sp³-hybridized carbons (Fsp3) is 0.538. The molecule has 0 bridgehead atoms. The van der Waals surface area contributed by atoms with Crippen molar-refractivity contribution in [2.24, 2.45) is 0 Å². The molecular formula is C13H21N3O2S. The van der Waals surface area contributed by atoms with Crippen molar-refractivity contribution < 1.29 is 8.42 Å². The molecular weight excluding hydrogens is 262 g/mol. The number of hydrogen-bond donors (Lipinski definition) is 2. The minimum Gasteiger partial charge on any atom is -0.397 e. The Morgan fingerprint density at radius 3 is 2.42 bits per heavy atom. The van der Waals surface area contributed by atoms with Crippen molar-refractivity contribution in [3.8, 4) is 0 Å². The Bertz CT molecular complexity index is 535. The van der Waals surface area contributed by atoms with Gasteiger partial charge in [0.1, 0.15) is 0 Å². The lowest BCUT2D eigenvalue weighted by molar-refractivity contribution is 0.427. The van der Waals surface area contributed by atoms with Gasteiger partial charge >= 0.3 is 10.2 Å². The van der Waals surface area contributed by atoms with E-state index in [1.807, 2.05) is 13.0 Å². The van der Waals surface area contributed by atoms with Crippen molar-refractivity contribution in [3.05, 3.63) is 23.8 Å². The van der Waals surface area contributed by atoms with E-state index in [2.05, 4.69) is 4.72 Å². The maximum Gasteiger partial charge on any atom is 0.301 e. The molecule has 1 heterocycles. The van der Waals surface area contributed by atoms with Crippen LogP contribution in [0, 0.1) is 6.92 Å². The third-order valence-corrected chi connectivity index (χ3v) is 4.88. The maximum absolute atomic E-state index is 12.3. The lowest BCUT2D eigenvalue weighted by Gasteiger charge is -2.21. The molecule has 1 aromatic rings. The van der Waals surface area contributed by atoms with E-state index in [1.165, 1.54) is 4.31 Å². The van der Waals surface area contributed by atoms with E-state index in [1.54, 1.807) is 12.1 Å². The minimum atomic E-state index is -3.50. The number of nitrogens with zero attached hydrogens (tertiary/aromatic N) is 1. The second kappa shape index (κ2) is 5.79. The Morgan fingerprint density at radius 1 is 1.16 bits per heavy atom. The molecule has 3 N–H and O–H groups in total. The molecule has 1 saturated heterocycles. The summed E-state index contributed by atoms with van der Waals surface area (Å²) in [5.41, 5.74) is 7.70. The lowest BCUT2D eigenvalue weighted by atomic mass is 10.2. The summed E-state index contributed by atoms with van der Waals surface area (Å²) in [5.74, 6) is 0. The van der Waals surface area contributed by atoms with Gasteiger partial charge in [0, 0.05) is 13.1 Å². The Morgan fingerprint density at radius 2 is 1.79 bits per heavy atom. The molecule has 0 amide bonds. The van der Waals surface area contributed by atoms with Gasteiger partial charge in [-0.2, -0.15) is 12.7 Å². The van der Waals surface area contributed by atoms with Crippen LogP contribution in [-0.2, 0) is 10.2 Å². The first kappa shape index (κ1) is 14.1. The predicted octanol–water partition coefficient (Wildman–Crippen LogP) is 2.11. The Hall–Kier alpha value is -1.27. The van der Waals surface area contributed by atoms with Crippen LogP contribution in [0.3, 0.4) is 0 Å². The topological polar surface area (TPSA) is 75.4 Å². The molecule has 1 aromatic carbocycles. The number of benzene rings is 1. The maximum atomic E-state index is 12.3. The van der Waals surface area contributed by atoms with Gasteiger partial charge < -0.3 is 5.73 Å². The molecule has 0 saturated carbocycles. The molecule has 0 spiro atoms. The first-order valence-electron chi connectivity index (χ1n) is 6.63. The summed E-state index contributed by atoms with van der Waals surface area (Å²) in [4.78, 5) is 0. The first-order chi connectivity index (χ1) is 8.99. The van der Waals surface area contributed by atoms with Crippen LogP contribution in [0.1, 0.15) is 31.2 Å². The van der Waals surface area contributed by atoms with E-state index in [4.69, 9.17) is 5.73 Å². The zero-order valence-corrected chi connectivity index (χ0v) is 12.0. The summed E-state index contributed by atoms with van der Waals surface area (Å²) in [6.07, 6.45) is 4.03. The third kappa shape index (κ3) is 3.61. The van der Waals surface area contributed by atoms with Gasteiger partial charge in [0.2, 0.25) is 0 Å². The summed E-state index contributed by atoms with van der Waals surface area (Å²) < 4.78 is 28.8. The highest BCUT2D eigenvalue weighted by Gasteiger charge is 2.23. The standard InChI is InChI=1S/C13H21N3O2S/c1-11-6-7-12(14)13(10-11)15-19(17,18)16-8-4-2-3-5-9-16/h6-7,10,15H,2-5,8-9,14H2,1H3. The van der Waals surface area contributed by atoms with Crippen LogP contribution in [0.2, 0.25) is 0 Å². The van der Waals surface area contributed by atoms with Crippen molar-refractivity contribution in [2.45, 2.75) is 32.6 Å². The second-order valence-electron chi connectivity index (χ2n) is 5.01. The Labute approximate surface area is 115 Å². The molecule has 1 aliphatic rings. The molecule has 2 rings (SSSR count). The van der Waals surface area contributed by atoms with Gasteiger partial charge in [-0.15, -0.1) is 0 Å². The van der Waals surface area contributed by atoms with Gasteiger partial charge in [0.25, 0.3) is 0 Å². The van der Waals surface area contributed by atoms with Crippen molar-refractivity contribution in [1.82, 2.24) is 4.31 Å². The van der Waals surface area contributed by atoms with Gasteiger partial charge in [0.05, 0.1) is 11.4 Å². The summed E-state index contributed by atoms with van der Waals surface area (Å²) in [7, 11) is -3.50. The largest absolute Gasteiger partial charge is 0.397 e. The molecule has 0 aliphatic carbocycles. The zero-order chi connectivity index (χ0) is 13.9. The van der Waals surface area contributed by atoms with Crippen LogP contribution < -0.4 is 10.5 Å². The summed E-state index contributed by atoms with van der Waals surface area (Å²) in [5, 5.41) is 0. The van der Waals surface area contributed by atoms with Crippen LogP contribution in [0.4, 0.5) is 11.4 Å². The van der Waals surface area contributed by atoms with Gasteiger partial charge in [-0.05, 0) is 37.5 Å². The SMILES string of the molecule is Cc1ccc(N)c(NS(=O)(=O)N2CCCCCC2)c1. The highest BCUT2D eigenvalue weighted by atomic mass is 32.2. The van der Waals surface area contributed by atoms with E-state index >= 15 is 0 Å². The predicted molar refractivity (Wildman–Crippen MR) is 78.2 cm³/mol. The van der Waals surface area contributed by atoms with Gasteiger partial charge in [-0.1, -0.05) is 18.9 Å². The molecule has 6 heteroatoms. The molecule has 0 aromatic heterocycles. The van der Waals surface area contributed by atoms with Crippen LogP contribution >= 0.6 is 0 Å². The molecule has 5 nitrogen and oxygen atoms in total. The van der Waals surface area contributed by atoms with E-state index in [9.17, 15) is 8.42 Å². The minimum absolute atomic E-state index is 0.448. The van der Waals surface area contributed by atoms with Gasteiger partial charge in [-0.25, -0.2) is 0 Å². The Kier molecular flexibility index (Phi) is 4.31. The van der Waals surface area contributed by atoms with E-state index in [0.29, 0.717) is 24.5 Å².